The second-order valence-electron chi connectivity index (χ2n) is 5.96. The van der Waals surface area contributed by atoms with Gasteiger partial charge in [0.05, 0.1) is 5.54 Å². The Morgan fingerprint density at radius 3 is 2.50 bits per heavy atom. The summed E-state index contributed by atoms with van der Waals surface area (Å²) in [4.78, 5) is 4.51. The maximum Gasteiger partial charge on any atom is 0.246 e. The van der Waals surface area contributed by atoms with Crippen molar-refractivity contribution >= 4 is 0 Å². The number of nitrogens with zero attached hydrogens (tertiary/aromatic N) is 2. The maximum atomic E-state index is 6.08. The first-order chi connectivity index (χ1) is 8.58. The van der Waals surface area contributed by atoms with Crippen molar-refractivity contribution < 1.29 is 9.26 Å². The minimum absolute atomic E-state index is 0.359. The number of hydrogen-bond donors (Lipinski definition) is 1. The summed E-state index contributed by atoms with van der Waals surface area (Å²) in [6.07, 6.45) is 6.08. The molecule has 1 aromatic heterocycles. The van der Waals surface area contributed by atoms with Crippen LogP contribution in [0.4, 0.5) is 0 Å². The van der Waals surface area contributed by atoms with Gasteiger partial charge in [-0.3, -0.25) is 0 Å². The molecule has 0 radical (unpaired) electrons. The predicted octanol–water partition coefficient (Wildman–Crippen LogP) is 2.07. The van der Waals surface area contributed by atoms with Crippen molar-refractivity contribution in [3.05, 3.63) is 11.7 Å². The minimum atomic E-state index is -0.362. The van der Waals surface area contributed by atoms with Crippen LogP contribution in [0.15, 0.2) is 4.52 Å². The van der Waals surface area contributed by atoms with E-state index in [1.54, 1.807) is 7.11 Å². The van der Waals surface area contributed by atoms with Gasteiger partial charge in [0.1, 0.15) is 5.60 Å². The molecule has 0 aliphatic heterocycles. The molecular formula is C13H21N3O2. The van der Waals surface area contributed by atoms with Crippen LogP contribution in [-0.2, 0) is 15.9 Å². The Morgan fingerprint density at radius 2 is 1.94 bits per heavy atom. The Morgan fingerprint density at radius 1 is 1.28 bits per heavy atom. The Kier molecular flexibility index (Phi) is 2.71. The van der Waals surface area contributed by atoms with Crippen LogP contribution in [0.1, 0.15) is 57.2 Å². The lowest BCUT2D eigenvalue weighted by molar-refractivity contribution is -0.0609. The monoisotopic (exact) mass is 251 g/mol. The highest BCUT2D eigenvalue weighted by atomic mass is 16.5. The zero-order valence-corrected chi connectivity index (χ0v) is 11.1. The third-order valence-electron chi connectivity index (χ3n) is 4.52. The zero-order valence-electron chi connectivity index (χ0n) is 11.1. The summed E-state index contributed by atoms with van der Waals surface area (Å²) < 4.78 is 11.1. The van der Waals surface area contributed by atoms with Crippen LogP contribution in [0.25, 0.3) is 0 Å². The number of methoxy groups -OCH3 is 1. The van der Waals surface area contributed by atoms with Crippen molar-refractivity contribution in [2.24, 2.45) is 11.7 Å². The van der Waals surface area contributed by atoms with Gasteiger partial charge < -0.3 is 15.0 Å². The molecule has 0 amide bonds. The van der Waals surface area contributed by atoms with Gasteiger partial charge in [-0.05, 0) is 44.4 Å². The summed E-state index contributed by atoms with van der Waals surface area (Å²) in [5, 5.41) is 4.12. The molecule has 0 aromatic carbocycles. The highest BCUT2D eigenvalue weighted by molar-refractivity contribution is 5.14. The number of rotatable bonds is 3. The normalized spacial score (nSPS) is 34.5. The van der Waals surface area contributed by atoms with Gasteiger partial charge in [-0.15, -0.1) is 0 Å². The van der Waals surface area contributed by atoms with Crippen molar-refractivity contribution in [1.29, 1.82) is 0 Å². The maximum absolute atomic E-state index is 6.08. The smallest absolute Gasteiger partial charge is 0.246 e. The van der Waals surface area contributed by atoms with E-state index in [0.717, 1.165) is 44.4 Å². The van der Waals surface area contributed by atoms with E-state index < -0.39 is 0 Å². The van der Waals surface area contributed by atoms with E-state index in [-0.39, 0.29) is 11.1 Å². The van der Waals surface area contributed by atoms with E-state index in [0.29, 0.717) is 11.7 Å². The molecule has 1 aromatic rings. The van der Waals surface area contributed by atoms with E-state index in [4.69, 9.17) is 15.0 Å². The van der Waals surface area contributed by atoms with Gasteiger partial charge in [-0.25, -0.2) is 0 Å². The molecule has 0 bridgehead atoms. The summed E-state index contributed by atoms with van der Waals surface area (Å²) in [6, 6.07) is 0. The summed E-state index contributed by atoms with van der Waals surface area (Å²) in [6.45, 7) is 2.28. The fraction of sp³-hybridized carbons (Fsp3) is 0.846. The fourth-order valence-corrected chi connectivity index (χ4v) is 2.71. The van der Waals surface area contributed by atoms with E-state index in [9.17, 15) is 0 Å². The third kappa shape index (κ3) is 1.86. The quantitative estimate of drug-likeness (QED) is 0.890. The van der Waals surface area contributed by atoms with Gasteiger partial charge in [0.15, 0.2) is 0 Å². The largest absolute Gasteiger partial charge is 0.370 e. The van der Waals surface area contributed by atoms with Gasteiger partial charge in [0.25, 0.3) is 0 Å². The highest BCUT2D eigenvalue weighted by Gasteiger charge is 2.48. The SMILES string of the molecule is COC1(c2noc(C3(N)CC3)n2)CCC(C)CC1. The van der Waals surface area contributed by atoms with Gasteiger partial charge in [-0.1, -0.05) is 12.1 Å². The van der Waals surface area contributed by atoms with Crippen LogP contribution in [0.5, 0.6) is 0 Å². The molecule has 2 N–H and O–H groups in total. The Labute approximate surface area is 107 Å². The topological polar surface area (TPSA) is 74.2 Å². The molecular weight excluding hydrogens is 230 g/mol. The average Bonchev–Trinajstić information content (AvgIpc) is 2.95. The number of ether oxygens (including phenoxy) is 1. The standard InChI is InChI=1S/C13H21N3O2/c1-9-3-5-13(17-2,6-4-9)10-15-11(18-16-10)12(14)7-8-12/h9H,3-8,14H2,1-2H3. The summed E-state index contributed by atoms with van der Waals surface area (Å²) in [7, 11) is 1.74. The zero-order chi connectivity index (χ0) is 12.8. The lowest BCUT2D eigenvalue weighted by Crippen LogP contribution is -2.34. The highest BCUT2D eigenvalue weighted by Crippen LogP contribution is 2.44. The van der Waals surface area contributed by atoms with E-state index in [1.165, 1.54) is 0 Å². The first-order valence-electron chi connectivity index (χ1n) is 6.77. The van der Waals surface area contributed by atoms with Gasteiger partial charge >= 0.3 is 0 Å². The van der Waals surface area contributed by atoms with Crippen LogP contribution in [0, 0.1) is 5.92 Å². The van der Waals surface area contributed by atoms with Crippen molar-refractivity contribution in [1.82, 2.24) is 10.1 Å². The Hall–Kier alpha value is -0.940. The number of hydrogen-bond acceptors (Lipinski definition) is 5. The second-order valence-corrected chi connectivity index (χ2v) is 5.96. The molecule has 0 unspecified atom stereocenters. The van der Waals surface area contributed by atoms with Crippen LogP contribution in [0.2, 0.25) is 0 Å². The predicted molar refractivity (Wildman–Crippen MR) is 65.7 cm³/mol. The van der Waals surface area contributed by atoms with Crippen molar-refractivity contribution in [3.63, 3.8) is 0 Å². The first kappa shape index (κ1) is 12.1. The molecule has 0 atom stereocenters. The summed E-state index contributed by atoms with van der Waals surface area (Å²) >= 11 is 0. The van der Waals surface area contributed by atoms with Crippen LogP contribution in [0.3, 0.4) is 0 Å². The summed E-state index contributed by atoms with van der Waals surface area (Å²) in [5.74, 6) is 2.01. The molecule has 0 saturated heterocycles. The average molecular weight is 251 g/mol. The molecule has 0 spiro atoms. The lowest BCUT2D eigenvalue weighted by Gasteiger charge is -2.35. The van der Waals surface area contributed by atoms with Crippen molar-refractivity contribution in [2.75, 3.05) is 7.11 Å². The fourth-order valence-electron chi connectivity index (χ4n) is 2.71. The molecule has 1 heterocycles. The molecule has 2 aliphatic rings. The molecule has 2 fully saturated rings. The Bertz CT molecular complexity index is 431. The molecule has 2 aliphatic carbocycles. The van der Waals surface area contributed by atoms with Gasteiger partial charge in [0, 0.05) is 7.11 Å². The van der Waals surface area contributed by atoms with Gasteiger partial charge in [-0.2, -0.15) is 4.98 Å². The van der Waals surface area contributed by atoms with E-state index >= 15 is 0 Å². The number of nitrogens with two attached hydrogens (primary N) is 1. The minimum Gasteiger partial charge on any atom is -0.370 e. The second kappa shape index (κ2) is 4.03. The van der Waals surface area contributed by atoms with Crippen molar-refractivity contribution in [2.45, 2.75) is 56.6 Å². The van der Waals surface area contributed by atoms with Crippen LogP contribution in [-0.4, -0.2) is 17.3 Å². The molecule has 5 nitrogen and oxygen atoms in total. The molecule has 100 valence electrons. The molecule has 2 saturated carbocycles. The van der Waals surface area contributed by atoms with Crippen LogP contribution >= 0.6 is 0 Å². The van der Waals surface area contributed by atoms with E-state index in [1.807, 2.05) is 0 Å². The van der Waals surface area contributed by atoms with E-state index in [2.05, 4.69) is 17.1 Å². The van der Waals surface area contributed by atoms with Crippen LogP contribution < -0.4 is 5.73 Å². The summed E-state index contributed by atoms with van der Waals surface area (Å²) in [5.41, 5.74) is 5.36. The van der Waals surface area contributed by atoms with Crippen molar-refractivity contribution in [3.8, 4) is 0 Å². The lowest BCUT2D eigenvalue weighted by atomic mass is 9.79. The molecule has 18 heavy (non-hydrogen) atoms. The molecule has 5 heteroatoms. The molecule has 3 rings (SSSR count). The Balaban J connectivity index is 1.85. The number of aromatic nitrogens is 2. The van der Waals surface area contributed by atoms with Gasteiger partial charge in [0.2, 0.25) is 11.7 Å². The third-order valence-corrected chi connectivity index (χ3v) is 4.52. The first-order valence-corrected chi connectivity index (χ1v) is 6.77.